The van der Waals surface area contributed by atoms with Crippen molar-refractivity contribution in [1.29, 1.82) is 0 Å². The van der Waals surface area contributed by atoms with Gasteiger partial charge in [0.1, 0.15) is 0 Å². The largest absolute Gasteiger partial charge is 0.464 e. The molecule has 0 atom stereocenters. The van der Waals surface area contributed by atoms with Crippen molar-refractivity contribution in [2.24, 2.45) is 0 Å². The molecule has 2 heterocycles. The van der Waals surface area contributed by atoms with Crippen LogP contribution < -0.4 is 10.1 Å². The van der Waals surface area contributed by atoms with Gasteiger partial charge >= 0.3 is 5.69 Å². The molecule has 0 bridgehead atoms. The van der Waals surface area contributed by atoms with Crippen molar-refractivity contribution in [3.8, 4) is 5.75 Å². The Kier molecular flexibility index (Phi) is 6.76. The highest BCUT2D eigenvalue weighted by molar-refractivity contribution is 6.02. The number of likely N-dealkylation sites (tertiary alicyclic amines) is 1. The van der Waals surface area contributed by atoms with E-state index in [0.717, 1.165) is 19.6 Å². The molecule has 4 rings (SSSR count). The number of nitrogens with zero attached hydrogens (tertiary/aromatic N) is 4. The normalized spacial score (nSPS) is 14.1. The number of benzene rings is 2. The number of nitrogens with one attached hydrogen (secondary N) is 1. The number of nitro groups is 1. The van der Waals surface area contributed by atoms with Crippen LogP contribution in [0.1, 0.15) is 35.3 Å². The predicted molar refractivity (Wildman–Crippen MR) is 119 cm³/mol. The Labute approximate surface area is 185 Å². The number of hydrogen-bond donors (Lipinski definition) is 1. The number of hydrogen-bond acceptors (Lipinski definition) is 6. The van der Waals surface area contributed by atoms with Crippen molar-refractivity contribution in [3.63, 3.8) is 0 Å². The van der Waals surface area contributed by atoms with Gasteiger partial charge in [-0.3, -0.25) is 19.8 Å². The molecule has 0 saturated carbocycles. The maximum absolute atomic E-state index is 12.5. The summed E-state index contributed by atoms with van der Waals surface area (Å²) in [6.45, 7) is 3.16. The van der Waals surface area contributed by atoms with E-state index in [9.17, 15) is 14.9 Å². The van der Waals surface area contributed by atoms with Crippen LogP contribution in [0.2, 0.25) is 0 Å². The first-order valence-corrected chi connectivity index (χ1v) is 10.6. The minimum Gasteiger partial charge on any atom is -0.464 e. The molecule has 0 aliphatic carbocycles. The Morgan fingerprint density at radius 3 is 2.56 bits per heavy atom. The summed E-state index contributed by atoms with van der Waals surface area (Å²) < 4.78 is 6.90. The molecule has 32 heavy (non-hydrogen) atoms. The topological polar surface area (TPSA) is 103 Å². The quantitative estimate of drug-likeness (QED) is 0.423. The SMILES string of the molecule is O=C(Nc1ccc(CN2CCCCC2)cc1)c1ccn(COc2ccccc2[N+](=O)[O-])n1. The molecule has 0 radical (unpaired) electrons. The van der Waals surface area contributed by atoms with Gasteiger partial charge in [0.2, 0.25) is 0 Å². The third-order valence-electron chi connectivity index (χ3n) is 5.35. The zero-order chi connectivity index (χ0) is 22.3. The van der Waals surface area contributed by atoms with E-state index in [4.69, 9.17) is 4.74 Å². The van der Waals surface area contributed by atoms with Gasteiger partial charge in [0, 0.05) is 24.5 Å². The molecule has 2 aromatic carbocycles. The standard InChI is InChI=1S/C23H25N5O4/c29-23(24-19-10-8-18(9-11-19)16-26-13-4-1-5-14-26)20-12-15-27(25-20)17-32-22-7-3-2-6-21(22)28(30)31/h2-3,6-12,15H,1,4-5,13-14,16-17H2,(H,24,29). The second-order valence-electron chi connectivity index (χ2n) is 7.73. The van der Waals surface area contributed by atoms with Crippen LogP contribution in [0.25, 0.3) is 0 Å². The molecule has 1 N–H and O–H groups in total. The lowest BCUT2D eigenvalue weighted by atomic mass is 10.1. The van der Waals surface area contributed by atoms with Crippen molar-refractivity contribution in [2.45, 2.75) is 32.5 Å². The monoisotopic (exact) mass is 435 g/mol. The Balaban J connectivity index is 1.31. The van der Waals surface area contributed by atoms with Crippen LogP contribution in [0.4, 0.5) is 11.4 Å². The molecule has 9 nitrogen and oxygen atoms in total. The molecule has 1 fully saturated rings. The molecule has 3 aromatic rings. The summed E-state index contributed by atoms with van der Waals surface area (Å²) in [5.41, 5.74) is 2.03. The van der Waals surface area contributed by atoms with Crippen LogP contribution in [0, 0.1) is 10.1 Å². The highest BCUT2D eigenvalue weighted by Crippen LogP contribution is 2.26. The van der Waals surface area contributed by atoms with Crippen LogP contribution >= 0.6 is 0 Å². The lowest BCUT2D eigenvalue weighted by Gasteiger charge is -2.26. The zero-order valence-electron chi connectivity index (χ0n) is 17.6. The molecule has 1 aromatic heterocycles. The molecular weight excluding hydrogens is 410 g/mol. The lowest BCUT2D eigenvalue weighted by molar-refractivity contribution is -0.386. The first-order chi connectivity index (χ1) is 15.6. The fraction of sp³-hybridized carbons (Fsp3) is 0.304. The number of aromatic nitrogens is 2. The lowest BCUT2D eigenvalue weighted by Crippen LogP contribution is -2.29. The minimum atomic E-state index is -0.505. The fourth-order valence-corrected chi connectivity index (χ4v) is 3.68. The summed E-state index contributed by atoms with van der Waals surface area (Å²) in [4.78, 5) is 25.5. The number of anilines is 1. The average molecular weight is 435 g/mol. The minimum absolute atomic E-state index is 0.0523. The second kappa shape index (κ2) is 10.1. The first-order valence-electron chi connectivity index (χ1n) is 10.6. The molecule has 1 saturated heterocycles. The maximum atomic E-state index is 12.5. The van der Waals surface area contributed by atoms with Crippen LogP contribution in [-0.4, -0.2) is 38.6 Å². The van der Waals surface area contributed by atoms with E-state index in [-0.39, 0.29) is 29.8 Å². The van der Waals surface area contributed by atoms with Gasteiger partial charge in [0.15, 0.2) is 18.2 Å². The molecule has 9 heteroatoms. The molecule has 1 aliphatic rings. The van der Waals surface area contributed by atoms with E-state index in [1.165, 1.54) is 41.6 Å². The van der Waals surface area contributed by atoms with Crippen LogP contribution in [0.15, 0.2) is 60.8 Å². The Morgan fingerprint density at radius 1 is 1.06 bits per heavy atom. The Morgan fingerprint density at radius 2 is 1.81 bits per heavy atom. The van der Waals surface area contributed by atoms with E-state index < -0.39 is 4.92 Å². The third kappa shape index (κ3) is 5.50. The summed E-state index contributed by atoms with van der Waals surface area (Å²) in [7, 11) is 0. The molecule has 1 amide bonds. The molecule has 166 valence electrons. The number of amides is 1. The number of nitro benzene ring substituents is 1. The summed E-state index contributed by atoms with van der Waals surface area (Å²) in [5, 5.41) is 18.1. The smallest absolute Gasteiger partial charge is 0.311 e. The van der Waals surface area contributed by atoms with Crippen LogP contribution in [0.3, 0.4) is 0 Å². The van der Waals surface area contributed by atoms with Gasteiger partial charge in [0.05, 0.1) is 4.92 Å². The van der Waals surface area contributed by atoms with E-state index in [2.05, 4.69) is 15.3 Å². The van der Waals surface area contributed by atoms with Crippen molar-refractivity contribution < 1.29 is 14.5 Å². The zero-order valence-corrected chi connectivity index (χ0v) is 17.6. The maximum Gasteiger partial charge on any atom is 0.311 e. The van der Waals surface area contributed by atoms with E-state index in [0.29, 0.717) is 5.69 Å². The van der Waals surface area contributed by atoms with Crippen LogP contribution in [0.5, 0.6) is 5.75 Å². The Hall–Kier alpha value is -3.72. The van der Waals surface area contributed by atoms with E-state index >= 15 is 0 Å². The number of ether oxygens (including phenoxy) is 1. The molecular formula is C23H25N5O4. The average Bonchev–Trinajstić information content (AvgIpc) is 3.29. The number of carbonyl (C=O) groups is 1. The summed E-state index contributed by atoms with van der Waals surface area (Å²) in [5.74, 6) is -0.193. The highest BCUT2D eigenvalue weighted by atomic mass is 16.6. The predicted octanol–water partition coefficient (Wildman–Crippen LogP) is 4.07. The van der Waals surface area contributed by atoms with E-state index in [1.807, 2.05) is 24.3 Å². The third-order valence-corrected chi connectivity index (χ3v) is 5.35. The summed E-state index contributed by atoms with van der Waals surface area (Å²) >= 11 is 0. The van der Waals surface area contributed by atoms with Gasteiger partial charge in [-0.1, -0.05) is 30.7 Å². The van der Waals surface area contributed by atoms with Crippen LogP contribution in [-0.2, 0) is 13.3 Å². The van der Waals surface area contributed by atoms with Gasteiger partial charge in [-0.15, -0.1) is 0 Å². The highest BCUT2D eigenvalue weighted by Gasteiger charge is 2.15. The molecule has 1 aliphatic heterocycles. The van der Waals surface area contributed by atoms with Gasteiger partial charge in [-0.25, -0.2) is 4.68 Å². The summed E-state index contributed by atoms with van der Waals surface area (Å²) in [6.07, 6.45) is 5.42. The van der Waals surface area contributed by atoms with Crippen molar-refractivity contribution in [1.82, 2.24) is 14.7 Å². The van der Waals surface area contributed by atoms with Crippen molar-refractivity contribution in [3.05, 3.63) is 82.2 Å². The number of para-hydroxylation sites is 2. The van der Waals surface area contributed by atoms with Gasteiger partial charge in [0.25, 0.3) is 5.91 Å². The molecule has 0 unspecified atom stereocenters. The Bertz CT molecular complexity index is 1070. The van der Waals surface area contributed by atoms with E-state index in [1.54, 1.807) is 24.4 Å². The van der Waals surface area contributed by atoms with Gasteiger partial charge in [-0.05, 0) is 55.8 Å². The number of piperidine rings is 1. The fourth-order valence-electron chi connectivity index (χ4n) is 3.68. The van der Waals surface area contributed by atoms with Crippen molar-refractivity contribution >= 4 is 17.3 Å². The molecule has 0 spiro atoms. The van der Waals surface area contributed by atoms with Gasteiger partial charge < -0.3 is 10.1 Å². The first kappa shape index (κ1) is 21.5. The van der Waals surface area contributed by atoms with Gasteiger partial charge in [-0.2, -0.15) is 5.10 Å². The van der Waals surface area contributed by atoms with Crippen molar-refractivity contribution in [2.75, 3.05) is 18.4 Å². The second-order valence-corrected chi connectivity index (χ2v) is 7.73. The number of carbonyl (C=O) groups excluding carboxylic acids is 1. The number of rotatable bonds is 8. The summed E-state index contributed by atoms with van der Waals surface area (Å²) in [6, 6.07) is 15.5.